The van der Waals surface area contributed by atoms with Crippen LogP contribution in [0.5, 0.6) is 0 Å². The third-order valence-electron chi connectivity index (χ3n) is 3.34. The molecule has 1 aliphatic carbocycles. The molecule has 0 aliphatic heterocycles. The average Bonchev–Trinajstić information content (AvgIpc) is 2.68. The first kappa shape index (κ1) is 11.6. The first-order valence-electron chi connectivity index (χ1n) is 5.89. The van der Waals surface area contributed by atoms with Crippen molar-refractivity contribution in [1.82, 2.24) is 5.32 Å². The normalized spacial score (nSPS) is 20.8. The second-order valence-corrected chi connectivity index (χ2v) is 4.39. The number of benzene rings is 1. The molecule has 1 aromatic carbocycles. The van der Waals surface area contributed by atoms with Crippen molar-refractivity contribution in [1.29, 1.82) is 0 Å². The molecule has 2 rings (SSSR count). The lowest BCUT2D eigenvalue weighted by molar-refractivity contribution is 0.227. The van der Waals surface area contributed by atoms with Crippen LogP contribution < -0.4 is 5.32 Å². The molecule has 0 fully saturated rings. The van der Waals surface area contributed by atoms with Gasteiger partial charge in [0.15, 0.2) is 0 Å². The summed E-state index contributed by atoms with van der Waals surface area (Å²) in [6.45, 7) is 2.17. The van der Waals surface area contributed by atoms with Crippen LogP contribution in [0, 0.1) is 5.82 Å². The van der Waals surface area contributed by atoms with Gasteiger partial charge in [-0.1, -0.05) is 13.0 Å². The minimum absolute atomic E-state index is 0.110. The maximum absolute atomic E-state index is 13.2. The van der Waals surface area contributed by atoms with E-state index in [1.165, 1.54) is 11.6 Å². The maximum Gasteiger partial charge on any atom is 0.123 e. The van der Waals surface area contributed by atoms with Gasteiger partial charge < -0.3 is 10.4 Å². The number of halogens is 1. The van der Waals surface area contributed by atoms with Crippen molar-refractivity contribution in [3.05, 3.63) is 35.1 Å². The zero-order valence-corrected chi connectivity index (χ0v) is 9.54. The minimum atomic E-state index is -0.176. The lowest BCUT2D eigenvalue weighted by Crippen LogP contribution is -2.34. The van der Waals surface area contributed by atoms with Gasteiger partial charge in [-0.05, 0) is 42.5 Å². The van der Waals surface area contributed by atoms with Crippen molar-refractivity contribution >= 4 is 0 Å². The van der Waals surface area contributed by atoms with E-state index in [9.17, 15) is 4.39 Å². The SMILES string of the molecule is CC[C@H](CO)NC1CCc2ccc(F)cc21. The van der Waals surface area contributed by atoms with Crippen LogP contribution in [-0.2, 0) is 6.42 Å². The van der Waals surface area contributed by atoms with Gasteiger partial charge in [0.2, 0.25) is 0 Å². The van der Waals surface area contributed by atoms with Gasteiger partial charge in [0.25, 0.3) is 0 Å². The van der Waals surface area contributed by atoms with Gasteiger partial charge in [-0.3, -0.25) is 0 Å². The molecular formula is C13H18FNO. The van der Waals surface area contributed by atoms with Crippen molar-refractivity contribution in [2.75, 3.05) is 6.61 Å². The zero-order chi connectivity index (χ0) is 11.5. The summed E-state index contributed by atoms with van der Waals surface area (Å²) < 4.78 is 13.2. The number of hydrogen-bond donors (Lipinski definition) is 2. The number of aryl methyl sites for hydroxylation is 1. The summed E-state index contributed by atoms with van der Waals surface area (Å²) >= 11 is 0. The van der Waals surface area contributed by atoms with E-state index < -0.39 is 0 Å². The van der Waals surface area contributed by atoms with Gasteiger partial charge in [-0.15, -0.1) is 0 Å². The molecule has 0 spiro atoms. The van der Waals surface area contributed by atoms with E-state index in [-0.39, 0.29) is 24.5 Å². The van der Waals surface area contributed by atoms with Gasteiger partial charge in [0.1, 0.15) is 5.82 Å². The molecule has 2 atom stereocenters. The van der Waals surface area contributed by atoms with Crippen LogP contribution in [0.4, 0.5) is 4.39 Å². The fraction of sp³-hybridized carbons (Fsp3) is 0.538. The predicted octanol–water partition coefficient (Wildman–Crippen LogP) is 2.17. The molecule has 3 heteroatoms. The van der Waals surface area contributed by atoms with Crippen molar-refractivity contribution in [3.8, 4) is 0 Å². The van der Waals surface area contributed by atoms with Gasteiger partial charge >= 0.3 is 0 Å². The highest BCUT2D eigenvalue weighted by molar-refractivity contribution is 5.35. The molecule has 1 aliphatic rings. The molecule has 0 aromatic heterocycles. The number of rotatable bonds is 4. The van der Waals surface area contributed by atoms with Crippen LogP contribution in [0.15, 0.2) is 18.2 Å². The van der Waals surface area contributed by atoms with Gasteiger partial charge in [0.05, 0.1) is 6.61 Å². The first-order chi connectivity index (χ1) is 7.74. The van der Waals surface area contributed by atoms with Gasteiger partial charge in [0, 0.05) is 12.1 Å². The highest BCUT2D eigenvalue weighted by Crippen LogP contribution is 2.31. The van der Waals surface area contributed by atoms with Crippen LogP contribution >= 0.6 is 0 Å². The van der Waals surface area contributed by atoms with Gasteiger partial charge in [-0.2, -0.15) is 0 Å². The summed E-state index contributed by atoms with van der Waals surface area (Å²) in [7, 11) is 0. The molecule has 16 heavy (non-hydrogen) atoms. The lowest BCUT2D eigenvalue weighted by Gasteiger charge is -2.20. The van der Waals surface area contributed by atoms with Gasteiger partial charge in [-0.25, -0.2) is 4.39 Å². The number of aliphatic hydroxyl groups excluding tert-OH is 1. The molecular weight excluding hydrogens is 205 g/mol. The van der Waals surface area contributed by atoms with E-state index in [1.807, 2.05) is 13.0 Å². The number of aliphatic hydroxyl groups is 1. The number of nitrogens with one attached hydrogen (secondary N) is 1. The Morgan fingerprint density at radius 2 is 2.38 bits per heavy atom. The van der Waals surface area contributed by atoms with E-state index in [0.29, 0.717) is 0 Å². The maximum atomic E-state index is 13.2. The Morgan fingerprint density at radius 1 is 1.56 bits per heavy atom. The lowest BCUT2D eigenvalue weighted by atomic mass is 10.1. The fourth-order valence-electron chi connectivity index (χ4n) is 2.33. The van der Waals surface area contributed by atoms with Crippen LogP contribution in [0.2, 0.25) is 0 Å². The Bertz CT molecular complexity index is 363. The number of hydrogen-bond acceptors (Lipinski definition) is 2. The molecule has 1 aromatic rings. The van der Waals surface area contributed by atoms with Crippen LogP contribution in [0.25, 0.3) is 0 Å². The Labute approximate surface area is 95.5 Å². The van der Waals surface area contributed by atoms with Crippen molar-refractivity contribution in [2.45, 2.75) is 38.3 Å². The summed E-state index contributed by atoms with van der Waals surface area (Å²) in [4.78, 5) is 0. The van der Waals surface area contributed by atoms with Crippen molar-refractivity contribution < 1.29 is 9.50 Å². The second-order valence-electron chi connectivity index (χ2n) is 4.39. The number of fused-ring (bicyclic) bond motifs is 1. The Balaban J connectivity index is 2.13. The largest absolute Gasteiger partial charge is 0.395 e. The summed E-state index contributed by atoms with van der Waals surface area (Å²) in [6, 6.07) is 5.31. The molecule has 0 saturated carbocycles. The molecule has 2 nitrogen and oxygen atoms in total. The third-order valence-corrected chi connectivity index (χ3v) is 3.34. The van der Waals surface area contributed by atoms with Crippen LogP contribution in [0.1, 0.15) is 36.9 Å². The van der Waals surface area contributed by atoms with E-state index in [2.05, 4.69) is 5.32 Å². The van der Waals surface area contributed by atoms with Crippen molar-refractivity contribution in [2.24, 2.45) is 0 Å². The monoisotopic (exact) mass is 223 g/mol. The topological polar surface area (TPSA) is 32.3 Å². The second kappa shape index (κ2) is 4.93. The molecule has 0 saturated heterocycles. The highest BCUT2D eigenvalue weighted by atomic mass is 19.1. The summed E-state index contributed by atoms with van der Waals surface area (Å²) in [5, 5.41) is 12.5. The van der Waals surface area contributed by atoms with E-state index >= 15 is 0 Å². The Morgan fingerprint density at radius 3 is 3.06 bits per heavy atom. The van der Waals surface area contributed by atoms with Crippen LogP contribution in [-0.4, -0.2) is 17.8 Å². The summed E-state index contributed by atoms with van der Waals surface area (Å²) in [5.74, 6) is -0.176. The van der Waals surface area contributed by atoms with Crippen molar-refractivity contribution in [3.63, 3.8) is 0 Å². The Hall–Kier alpha value is -0.930. The fourth-order valence-corrected chi connectivity index (χ4v) is 2.33. The molecule has 2 N–H and O–H groups in total. The van der Waals surface area contributed by atoms with E-state index in [0.717, 1.165) is 24.8 Å². The zero-order valence-electron chi connectivity index (χ0n) is 9.54. The quantitative estimate of drug-likeness (QED) is 0.820. The van der Waals surface area contributed by atoms with E-state index in [1.54, 1.807) is 6.07 Å². The highest BCUT2D eigenvalue weighted by Gasteiger charge is 2.24. The third kappa shape index (κ3) is 2.25. The molecule has 0 bridgehead atoms. The Kier molecular flexibility index (Phi) is 3.56. The predicted molar refractivity (Wildman–Crippen MR) is 61.8 cm³/mol. The first-order valence-corrected chi connectivity index (χ1v) is 5.89. The summed E-state index contributed by atoms with van der Waals surface area (Å²) in [5.41, 5.74) is 2.29. The van der Waals surface area contributed by atoms with Crippen LogP contribution in [0.3, 0.4) is 0 Å². The molecule has 0 heterocycles. The summed E-state index contributed by atoms with van der Waals surface area (Å²) in [6.07, 6.45) is 2.88. The molecule has 1 unspecified atom stereocenters. The molecule has 88 valence electrons. The minimum Gasteiger partial charge on any atom is -0.395 e. The standard InChI is InChI=1S/C13H18FNO/c1-2-11(8-16)15-13-6-4-9-3-5-10(14)7-12(9)13/h3,5,7,11,13,15-16H,2,4,6,8H2,1H3/t11-,13?/m1/s1. The molecule has 0 amide bonds. The average molecular weight is 223 g/mol. The van der Waals surface area contributed by atoms with E-state index in [4.69, 9.17) is 5.11 Å². The smallest absolute Gasteiger partial charge is 0.123 e. The molecule has 0 radical (unpaired) electrons.